The maximum absolute atomic E-state index is 9.15. The maximum Gasteiger partial charge on any atom is 0.116 e. The fraction of sp³-hybridized carbons (Fsp3) is 0.333. The van der Waals surface area contributed by atoms with Crippen molar-refractivity contribution in [3.05, 3.63) is 23.8 Å². The van der Waals surface area contributed by atoms with E-state index < -0.39 is 0 Å². The monoisotopic (exact) mass is 168 g/mol. The predicted molar refractivity (Wildman–Crippen MR) is 49.3 cm³/mol. The lowest BCUT2D eigenvalue weighted by Gasteiger charge is -2.04. The topological polar surface area (TPSA) is 20.2 Å². The van der Waals surface area contributed by atoms with Gasteiger partial charge >= 0.3 is 0 Å². The Labute approximate surface area is 71.4 Å². The number of hydrogen-bond donors (Lipinski definition) is 1. The van der Waals surface area contributed by atoms with Gasteiger partial charge in [-0.1, -0.05) is 13.0 Å². The zero-order valence-electron chi connectivity index (χ0n) is 6.79. The summed E-state index contributed by atoms with van der Waals surface area (Å²) >= 11 is 1.67. The van der Waals surface area contributed by atoms with Gasteiger partial charge in [-0.15, -0.1) is 11.8 Å². The van der Waals surface area contributed by atoms with Crippen molar-refractivity contribution in [1.82, 2.24) is 0 Å². The third-order valence-corrected chi connectivity index (χ3v) is 2.47. The van der Waals surface area contributed by atoms with E-state index in [1.54, 1.807) is 17.8 Å². The minimum Gasteiger partial charge on any atom is -0.508 e. The lowest BCUT2D eigenvalue weighted by Crippen LogP contribution is -1.83. The molecule has 0 fully saturated rings. The summed E-state index contributed by atoms with van der Waals surface area (Å²) in [6.45, 7) is 2.12. The first kappa shape index (κ1) is 8.47. The van der Waals surface area contributed by atoms with Crippen molar-refractivity contribution in [2.75, 3.05) is 6.26 Å². The third-order valence-electron chi connectivity index (χ3n) is 1.65. The fourth-order valence-corrected chi connectivity index (χ4v) is 1.74. The van der Waals surface area contributed by atoms with Gasteiger partial charge in [0.25, 0.3) is 0 Å². The molecule has 11 heavy (non-hydrogen) atoms. The normalized spacial score (nSPS) is 10.0. The van der Waals surface area contributed by atoms with Gasteiger partial charge in [-0.05, 0) is 30.4 Å². The molecule has 0 heterocycles. The van der Waals surface area contributed by atoms with Crippen molar-refractivity contribution in [1.29, 1.82) is 0 Å². The molecule has 0 aromatic heterocycles. The fourth-order valence-electron chi connectivity index (χ4n) is 1.03. The quantitative estimate of drug-likeness (QED) is 0.685. The number of hydrogen-bond acceptors (Lipinski definition) is 2. The number of aryl methyl sites for hydroxylation is 1. The molecule has 0 unspecified atom stereocenters. The summed E-state index contributed by atoms with van der Waals surface area (Å²) in [5.74, 6) is 0.353. The van der Waals surface area contributed by atoms with Gasteiger partial charge < -0.3 is 5.11 Å². The molecule has 0 saturated heterocycles. The van der Waals surface area contributed by atoms with E-state index in [4.69, 9.17) is 5.11 Å². The molecule has 0 aliphatic rings. The molecule has 1 aromatic rings. The first-order valence-corrected chi connectivity index (χ1v) is 4.86. The molecule has 1 aromatic carbocycles. The van der Waals surface area contributed by atoms with E-state index in [-0.39, 0.29) is 0 Å². The first-order chi connectivity index (χ1) is 5.27. The van der Waals surface area contributed by atoms with E-state index in [0.29, 0.717) is 5.75 Å². The van der Waals surface area contributed by atoms with Crippen molar-refractivity contribution in [2.24, 2.45) is 0 Å². The molecule has 0 radical (unpaired) electrons. The van der Waals surface area contributed by atoms with Crippen molar-refractivity contribution >= 4 is 11.8 Å². The standard InChI is InChI=1S/C9H12OS/c1-3-7-4-5-8(10)6-9(7)11-2/h4-6,10H,3H2,1-2H3. The molecule has 0 amide bonds. The van der Waals surface area contributed by atoms with E-state index in [1.165, 1.54) is 10.5 Å². The zero-order chi connectivity index (χ0) is 8.27. The molecule has 1 nitrogen and oxygen atoms in total. The highest BCUT2D eigenvalue weighted by Gasteiger charge is 1.99. The van der Waals surface area contributed by atoms with Gasteiger partial charge in [0.15, 0.2) is 0 Å². The Morgan fingerprint density at radius 2 is 2.18 bits per heavy atom. The molecular weight excluding hydrogens is 156 g/mol. The molecular formula is C9H12OS. The molecule has 0 atom stereocenters. The number of phenolic OH excluding ortho intramolecular Hbond substituents is 1. The molecule has 60 valence electrons. The average Bonchev–Trinajstić information content (AvgIpc) is 2.04. The molecule has 1 rings (SSSR count). The lowest BCUT2D eigenvalue weighted by atomic mass is 10.2. The first-order valence-electron chi connectivity index (χ1n) is 3.63. The molecule has 0 aliphatic heterocycles. The summed E-state index contributed by atoms with van der Waals surface area (Å²) in [6.07, 6.45) is 3.05. The summed E-state index contributed by atoms with van der Waals surface area (Å²) in [7, 11) is 0. The van der Waals surface area contributed by atoms with Gasteiger partial charge in [0.05, 0.1) is 0 Å². The summed E-state index contributed by atoms with van der Waals surface area (Å²) in [6, 6.07) is 5.52. The van der Waals surface area contributed by atoms with Gasteiger partial charge in [0.2, 0.25) is 0 Å². The van der Waals surface area contributed by atoms with Crippen LogP contribution in [0.2, 0.25) is 0 Å². The maximum atomic E-state index is 9.15. The second-order valence-corrected chi connectivity index (χ2v) is 3.20. The van der Waals surface area contributed by atoms with Crippen LogP contribution in [0.1, 0.15) is 12.5 Å². The van der Waals surface area contributed by atoms with Crippen molar-refractivity contribution in [3.8, 4) is 5.75 Å². The van der Waals surface area contributed by atoms with E-state index in [2.05, 4.69) is 6.92 Å². The Hall–Kier alpha value is -0.630. The van der Waals surface area contributed by atoms with E-state index >= 15 is 0 Å². The largest absolute Gasteiger partial charge is 0.508 e. The molecule has 0 spiro atoms. The van der Waals surface area contributed by atoms with Crippen molar-refractivity contribution < 1.29 is 5.11 Å². The van der Waals surface area contributed by atoms with Gasteiger partial charge in [0, 0.05) is 4.90 Å². The number of phenols is 1. The smallest absolute Gasteiger partial charge is 0.116 e. The molecule has 2 heteroatoms. The highest BCUT2D eigenvalue weighted by atomic mass is 32.2. The van der Waals surface area contributed by atoms with E-state index in [1.807, 2.05) is 18.4 Å². The van der Waals surface area contributed by atoms with Crippen LogP contribution in [0.3, 0.4) is 0 Å². The van der Waals surface area contributed by atoms with Crippen LogP contribution in [-0.2, 0) is 6.42 Å². The molecule has 0 bridgehead atoms. The highest BCUT2D eigenvalue weighted by molar-refractivity contribution is 7.98. The van der Waals surface area contributed by atoms with Crippen LogP contribution in [0, 0.1) is 0 Å². The van der Waals surface area contributed by atoms with Crippen LogP contribution in [-0.4, -0.2) is 11.4 Å². The van der Waals surface area contributed by atoms with Gasteiger partial charge in [0.1, 0.15) is 5.75 Å². The minimum atomic E-state index is 0.353. The number of rotatable bonds is 2. The Morgan fingerprint density at radius 1 is 1.45 bits per heavy atom. The summed E-state index contributed by atoms with van der Waals surface area (Å²) < 4.78 is 0. The van der Waals surface area contributed by atoms with Crippen LogP contribution in [0.25, 0.3) is 0 Å². The molecule has 0 aliphatic carbocycles. The summed E-state index contributed by atoms with van der Waals surface area (Å²) in [5, 5.41) is 9.15. The second-order valence-electron chi connectivity index (χ2n) is 2.35. The summed E-state index contributed by atoms with van der Waals surface area (Å²) in [4.78, 5) is 1.17. The third kappa shape index (κ3) is 1.90. The van der Waals surface area contributed by atoms with Gasteiger partial charge in [-0.25, -0.2) is 0 Å². The Bertz CT molecular complexity index is 245. The Balaban J connectivity index is 3.06. The van der Waals surface area contributed by atoms with E-state index in [0.717, 1.165) is 6.42 Å². The number of benzene rings is 1. The van der Waals surface area contributed by atoms with Crippen LogP contribution in [0.4, 0.5) is 0 Å². The highest BCUT2D eigenvalue weighted by Crippen LogP contribution is 2.24. The van der Waals surface area contributed by atoms with Gasteiger partial charge in [-0.3, -0.25) is 0 Å². The number of thioether (sulfide) groups is 1. The van der Waals surface area contributed by atoms with E-state index in [9.17, 15) is 0 Å². The molecule has 1 N–H and O–H groups in total. The predicted octanol–water partition coefficient (Wildman–Crippen LogP) is 2.68. The Kier molecular flexibility index (Phi) is 2.83. The average molecular weight is 168 g/mol. The zero-order valence-corrected chi connectivity index (χ0v) is 7.61. The van der Waals surface area contributed by atoms with Crippen LogP contribution in [0.15, 0.2) is 23.1 Å². The number of aromatic hydroxyl groups is 1. The minimum absolute atomic E-state index is 0.353. The second kappa shape index (κ2) is 3.67. The lowest BCUT2D eigenvalue weighted by molar-refractivity contribution is 0.473. The summed E-state index contributed by atoms with van der Waals surface area (Å²) in [5.41, 5.74) is 1.30. The van der Waals surface area contributed by atoms with Crippen LogP contribution < -0.4 is 0 Å². The SMILES string of the molecule is CCc1ccc(O)cc1SC. The van der Waals surface area contributed by atoms with Crippen LogP contribution in [0.5, 0.6) is 5.75 Å². The molecule has 0 saturated carbocycles. The van der Waals surface area contributed by atoms with Crippen molar-refractivity contribution in [3.63, 3.8) is 0 Å². The van der Waals surface area contributed by atoms with Crippen molar-refractivity contribution in [2.45, 2.75) is 18.2 Å². The van der Waals surface area contributed by atoms with Crippen LogP contribution >= 0.6 is 11.8 Å². The van der Waals surface area contributed by atoms with Gasteiger partial charge in [-0.2, -0.15) is 0 Å². The Morgan fingerprint density at radius 3 is 2.73 bits per heavy atom.